The van der Waals surface area contributed by atoms with Gasteiger partial charge in [0.2, 0.25) is 0 Å². The fraction of sp³-hybridized carbons (Fsp3) is 0.692. The van der Waals surface area contributed by atoms with E-state index in [0.717, 1.165) is 25.7 Å². The molecule has 0 spiro atoms. The number of hydrogen-bond donors (Lipinski definition) is 1. The molecule has 102 valence electrons. The smallest absolute Gasteiger partial charge is 0.0702 e. The van der Waals surface area contributed by atoms with Crippen LogP contribution >= 0.6 is 27.3 Å². The number of nitrogens with zero attached hydrogens (tertiary/aromatic N) is 1. The van der Waals surface area contributed by atoms with Crippen LogP contribution in [0.4, 0.5) is 0 Å². The van der Waals surface area contributed by atoms with Crippen LogP contribution in [0.15, 0.2) is 15.9 Å². The van der Waals surface area contributed by atoms with Gasteiger partial charge in [-0.15, -0.1) is 11.3 Å². The van der Waals surface area contributed by atoms with Crippen LogP contribution < -0.4 is 5.73 Å². The Morgan fingerprint density at radius 1 is 1.50 bits per heavy atom. The average Bonchev–Trinajstić information content (AvgIpc) is 2.78. The lowest BCUT2D eigenvalue weighted by Crippen LogP contribution is -2.35. The summed E-state index contributed by atoms with van der Waals surface area (Å²) in [4.78, 5) is 3.74. The lowest BCUT2D eigenvalue weighted by molar-refractivity contribution is 0.0509. The second-order valence-corrected chi connectivity index (χ2v) is 7.38. The van der Waals surface area contributed by atoms with Crippen LogP contribution in [0.1, 0.15) is 23.8 Å². The number of halogens is 1. The zero-order valence-corrected chi connectivity index (χ0v) is 13.2. The van der Waals surface area contributed by atoms with Crippen molar-refractivity contribution in [3.63, 3.8) is 0 Å². The van der Waals surface area contributed by atoms with Gasteiger partial charge in [0.25, 0.3) is 0 Å². The van der Waals surface area contributed by atoms with Gasteiger partial charge in [0.05, 0.1) is 9.83 Å². The Morgan fingerprint density at radius 2 is 2.22 bits per heavy atom. The van der Waals surface area contributed by atoms with Gasteiger partial charge < -0.3 is 10.5 Å². The molecule has 2 heterocycles. The van der Waals surface area contributed by atoms with Crippen molar-refractivity contribution in [1.29, 1.82) is 0 Å². The van der Waals surface area contributed by atoms with Gasteiger partial charge in [-0.3, -0.25) is 4.90 Å². The molecule has 18 heavy (non-hydrogen) atoms. The summed E-state index contributed by atoms with van der Waals surface area (Å²) in [6.45, 7) is 3.61. The van der Waals surface area contributed by atoms with Crippen molar-refractivity contribution in [2.45, 2.75) is 18.9 Å². The topological polar surface area (TPSA) is 38.5 Å². The summed E-state index contributed by atoms with van der Waals surface area (Å²) in [5.41, 5.74) is 5.95. The van der Waals surface area contributed by atoms with E-state index in [2.05, 4.69) is 40.0 Å². The summed E-state index contributed by atoms with van der Waals surface area (Å²) < 4.78 is 6.59. The minimum Gasteiger partial charge on any atom is -0.381 e. The molecule has 2 N–H and O–H groups in total. The molecule has 0 aromatic carbocycles. The van der Waals surface area contributed by atoms with Crippen LogP contribution in [0.5, 0.6) is 0 Å². The summed E-state index contributed by atoms with van der Waals surface area (Å²) in [5, 5.41) is 0. The van der Waals surface area contributed by atoms with E-state index in [1.54, 1.807) is 11.3 Å². The highest BCUT2D eigenvalue weighted by molar-refractivity contribution is 9.11. The number of thiophene rings is 1. The number of ether oxygens (including phenoxy) is 1. The number of likely N-dealkylation sites (N-methyl/N-ethyl adjacent to an activating group) is 1. The van der Waals surface area contributed by atoms with E-state index in [-0.39, 0.29) is 0 Å². The molecule has 0 aliphatic carbocycles. The molecule has 1 unspecified atom stereocenters. The highest BCUT2D eigenvalue weighted by Crippen LogP contribution is 2.30. The largest absolute Gasteiger partial charge is 0.381 e. The van der Waals surface area contributed by atoms with Crippen LogP contribution in [-0.4, -0.2) is 38.3 Å². The van der Waals surface area contributed by atoms with Gasteiger partial charge in [0.15, 0.2) is 0 Å². The van der Waals surface area contributed by atoms with Crippen LogP contribution in [0.25, 0.3) is 0 Å². The molecule has 1 aliphatic heterocycles. The fourth-order valence-corrected chi connectivity index (χ4v) is 4.09. The van der Waals surface area contributed by atoms with Crippen molar-refractivity contribution >= 4 is 27.3 Å². The molecule has 1 atom stereocenters. The van der Waals surface area contributed by atoms with Crippen molar-refractivity contribution < 1.29 is 4.74 Å². The molecule has 5 heteroatoms. The Hall–Kier alpha value is 0.0600. The Labute approximate surface area is 121 Å². The van der Waals surface area contributed by atoms with E-state index in [1.807, 2.05) is 0 Å². The van der Waals surface area contributed by atoms with Crippen molar-refractivity contribution in [3.8, 4) is 0 Å². The molecule has 2 rings (SSSR count). The van der Waals surface area contributed by atoms with Gasteiger partial charge in [0.1, 0.15) is 0 Å². The zero-order chi connectivity index (χ0) is 13.0. The van der Waals surface area contributed by atoms with E-state index in [1.165, 1.54) is 21.5 Å². The lowest BCUT2D eigenvalue weighted by atomic mass is 9.99. The molecule has 1 saturated heterocycles. The third-order valence-electron chi connectivity index (χ3n) is 3.56. The van der Waals surface area contributed by atoms with Crippen molar-refractivity contribution in [2.24, 2.45) is 11.7 Å². The molecule has 0 bridgehead atoms. The van der Waals surface area contributed by atoms with E-state index in [0.29, 0.717) is 12.6 Å². The maximum Gasteiger partial charge on any atom is 0.0702 e. The van der Waals surface area contributed by atoms with Gasteiger partial charge in [-0.2, -0.15) is 0 Å². The number of hydrogen-bond acceptors (Lipinski definition) is 4. The van der Waals surface area contributed by atoms with E-state index in [9.17, 15) is 0 Å². The first-order valence-corrected chi connectivity index (χ1v) is 8.05. The molecule has 0 amide bonds. The summed E-state index contributed by atoms with van der Waals surface area (Å²) >= 11 is 5.30. The van der Waals surface area contributed by atoms with Crippen LogP contribution in [0.3, 0.4) is 0 Å². The number of rotatable bonds is 5. The first-order valence-electron chi connectivity index (χ1n) is 6.44. The highest BCUT2D eigenvalue weighted by Gasteiger charge is 2.22. The first-order chi connectivity index (χ1) is 8.70. The molecule has 1 aromatic heterocycles. The molecule has 0 saturated carbocycles. The van der Waals surface area contributed by atoms with Crippen LogP contribution in [0, 0.1) is 5.92 Å². The predicted molar refractivity (Wildman–Crippen MR) is 80.0 cm³/mol. The maximum absolute atomic E-state index is 5.95. The molecule has 1 fully saturated rings. The highest BCUT2D eigenvalue weighted by atomic mass is 79.9. The molecular formula is C13H21BrN2OS. The maximum atomic E-state index is 5.95. The van der Waals surface area contributed by atoms with Crippen molar-refractivity contribution in [3.05, 3.63) is 20.8 Å². The average molecular weight is 333 g/mol. The van der Waals surface area contributed by atoms with Gasteiger partial charge >= 0.3 is 0 Å². The van der Waals surface area contributed by atoms with Gasteiger partial charge in [-0.25, -0.2) is 0 Å². The van der Waals surface area contributed by atoms with Crippen molar-refractivity contribution in [2.75, 3.05) is 33.4 Å². The van der Waals surface area contributed by atoms with Gasteiger partial charge in [-0.1, -0.05) is 0 Å². The number of nitrogens with two attached hydrogens (primary N) is 1. The summed E-state index contributed by atoms with van der Waals surface area (Å²) in [6, 6.07) is 4.61. The minimum absolute atomic E-state index is 0.337. The van der Waals surface area contributed by atoms with E-state index in [4.69, 9.17) is 10.5 Å². The van der Waals surface area contributed by atoms with E-state index >= 15 is 0 Å². The summed E-state index contributed by atoms with van der Waals surface area (Å²) in [7, 11) is 2.18. The Balaban J connectivity index is 1.94. The molecule has 1 aliphatic rings. The standard InChI is InChI=1S/C13H21BrN2OS/c1-16(9-10-4-6-17-7-5-10)11(8-15)12-2-3-13(14)18-12/h2-3,10-11H,4-9,15H2,1H3. The second kappa shape index (κ2) is 7.01. The fourth-order valence-electron chi connectivity index (χ4n) is 2.48. The molecule has 3 nitrogen and oxygen atoms in total. The normalized spacial score (nSPS) is 19.3. The molecule has 0 radical (unpaired) electrons. The third kappa shape index (κ3) is 3.78. The van der Waals surface area contributed by atoms with E-state index < -0.39 is 0 Å². The Bertz CT molecular complexity index is 366. The van der Waals surface area contributed by atoms with Gasteiger partial charge in [0, 0.05) is 31.2 Å². The van der Waals surface area contributed by atoms with Crippen LogP contribution in [-0.2, 0) is 4.74 Å². The van der Waals surface area contributed by atoms with Crippen LogP contribution in [0.2, 0.25) is 0 Å². The molecular weight excluding hydrogens is 312 g/mol. The monoisotopic (exact) mass is 332 g/mol. The zero-order valence-electron chi connectivity index (χ0n) is 10.8. The minimum atomic E-state index is 0.337. The quantitative estimate of drug-likeness (QED) is 0.900. The molecule has 1 aromatic rings. The van der Waals surface area contributed by atoms with Gasteiger partial charge in [-0.05, 0) is 53.9 Å². The first kappa shape index (κ1) is 14.5. The summed E-state index contributed by atoms with van der Waals surface area (Å²) in [5.74, 6) is 0.751. The predicted octanol–water partition coefficient (Wildman–Crippen LogP) is 2.87. The Morgan fingerprint density at radius 3 is 2.78 bits per heavy atom. The Kier molecular flexibility index (Phi) is 5.63. The van der Waals surface area contributed by atoms with Crippen molar-refractivity contribution in [1.82, 2.24) is 4.90 Å². The third-order valence-corrected chi connectivity index (χ3v) is 5.29. The second-order valence-electron chi connectivity index (χ2n) is 4.89. The SMILES string of the molecule is CN(CC1CCOCC1)C(CN)c1ccc(Br)s1. The lowest BCUT2D eigenvalue weighted by Gasteiger charge is -2.31. The summed E-state index contributed by atoms with van der Waals surface area (Å²) in [6.07, 6.45) is 2.35.